The summed E-state index contributed by atoms with van der Waals surface area (Å²) in [7, 11) is 0. The Bertz CT molecular complexity index is 493. The van der Waals surface area contributed by atoms with Gasteiger partial charge in [0.15, 0.2) is 5.78 Å². The molecule has 0 radical (unpaired) electrons. The van der Waals surface area contributed by atoms with E-state index < -0.39 is 0 Å². The van der Waals surface area contributed by atoms with Crippen LogP contribution < -0.4 is 4.74 Å². The zero-order valence-electron chi connectivity index (χ0n) is 13.9. The molecule has 0 spiro atoms. The van der Waals surface area contributed by atoms with E-state index in [4.69, 9.17) is 9.47 Å². The molecular weight excluding hydrogens is 278 g/mol. The third kappa shape index (κ3) is 5.11. The van der Waals surface area contributed by atoms with Gasteiger partial charge in [0.2, 0.25) is 0 Å². The molecule has 0 amide bonds. The van der Waals surface area contributed by atoms with Crippen LogP contribution in [0.5, 0.6) is 5.75 Å². The SMILES string of the molecule is Cc1cc(C(=O)CCN2CCOCC2)ccc1OCC(C)C. The number of hydrogen-bond donors (Lipinski definition) is 0. The van der Waals surface area contributed by atoms with Gasteiger partial charge in [-0.25, -0.2) is 0 Å². The second kappa shape index (κ2) is 8.30. The molecule has 1 aromatic carbocycles. The molecular formula is C18H27NO3. The smallest absolute Gasteiger partial charge is 0.164 e. The van der Waals surface area contributed by atoms with Crippen molar-refractivity contribution in [1.82, 2.24) is 4.90 Å². The molecule has 122 valence electrons. The summed E-state index contributed by atoms with van der Waals surface area (Å²) in [6.07, 6.45) is 0.561. The molecule has 2 rings (SSSR count). The van der Waals surface area contributed by atoms with Crippen LogP contribution in [0.3, 0.4) is 0 Å². The van der Waals surface area contributed by atoms with Gasteiger partial charge in [-0.2, -0.15) is 0 Å². The number of benzene rings is 1. The zero-order valence-corrected chi connectivity index (χ0v) is 13.9. The van der Waals surface area contributed by atoms with E-state index in [1.165, 1.54) is 0 Å². The van der Waals surface area contributed by atoms with Crippen molar-refractivity contribution in [3.05, 3.63) is 29.3 Å². The quantitative estimate of drug-likeness (QED) is 0.726. The van der Waals surface area contributed by atoms with E-state index in [0.717, 1.165) is 49.7 Å². The lowest BCUT2D eigenvalue weighted by Crippen LogP contribution is -2.37. The van der Waals surface area contributed by atoms with Crippen LogP contribution in [0.4, 0.5) is 0 Å². The zero-order chi connectivity index (χ0) is 15.9. The van der Waals surface area contributed by atoms with Crippen LogP contribution in [-0.4, -0.2) is 50.1 Å². The molecule has 0 bridgehead atoms. The first-order valence-corrected chi connectivity index (χ1v) is 8.13. The Kier molecular flexibility index (Phi) is 6.40. The number of ketones is 1. The highest BCUT2D eigenvalue weighted by Crippen LogP contribution is 2.20. The molecule has 1 fully saturated rings. The molecule has 0 atom stereocenters. The van der Waals surface area contributed by atoms with Gasteiger partial charge in [0, 0.05) is 31.6 Å². The number of carbonyl (C=O) groups excluding carboxylic acids is 1. The minimum absolute atomic E-state index is 0.199. The van der Waals surface area contributed by atoms with Crippen molar-refractivity contribution < 1.29 is 14.3 Å². The predicted molar refractivity (Wildman–Crippen MR) is 87.7 cm³/mol. The average molecular weight is 305 g/mol. The first-order chi connectivity index (χ1) is 10.6. The highest BCUT2D eigenvalue weighted by Gasteiger charge is 2.14. The van der Waals surface area contributed by atoms with Crippen molar-refractivity contribution in [1.29, 1.82) is 0 Å². The molecule has 0 unspecified atom stereocenters. The first-order valence-electron chi connectivity index (χ1n) is 8.13. The number of morpholine rings is 1. The molecule has 1 saturated heterocycles. The first kappa shape index (κ1) is 17.0. The molecule has 1 aliphatic rings. The van der Waals surface area contributed by atoms with Gasteiger partial charge in [-0.05, 0) is 36.6 Å². The van der Waals surface area contributed by atoms with E-state index in [1.807, 2.05) is 25.1 Å². The second-order valence-corrected chi connectivity index (χ2v) is 6.31. The van der Waals surface area contributed by atoms with Crippen LogP contribution in [-0.2, 0) is 4.74 Å². The molecule has 4 nitrogen and oxygen atoms in total. The Hall–Kier alpha value is -1.39. The largest absolute Gasteiger partial charge is 0.493 e. The fraction of sp³-hybridized carbons (Fsp3) is 0.611. The Morgan fingerprint density at radius 1 is 1.32 bits per heavy atom. The fourth-order valence-corrected chi connectivity index (χ4v) is 2.47. The molecule has 4 heteroatoms. The monoisotopic (exact) mass is 305 g/mol. The van der Waals surface area contributed by atoms with Gasteiger partial charge in [0.1, 0.15) is 5.75 Å². The van der Waals surface area contributed by atoms with Gasteiger partial charge in [0.25, 0.3) is 0 Å². The number of aryl methyl sites for hydroxylation is 1. The summed E-state index contributed by atoms with van der Waals surface area (Å²) in [6, 6.07) is 5.74. The van der Waals surface area contributed by atoms with E-state index in [9.17, 15) is 4.79 Å². The topological polar surface area (TPSA) is 38.8 Å². The van der Waals surface area contributed by atoms with Gasteiger partial charge in [-0.15, -0.1) is 0 Å². The lowest BCUT2D eigenvalue weighted by Gasteiger charge is -2.26. The van der Waals surface area contributed by atoms with Gasteiger partial charge in [-0.1, -0.05) is 13.8 Å². The normalized spacial score (nSPS) is 16.0. The van der Waals surface area contributed by atoms with Gasteiger partial charge in [0.05, 0.1) is 19.8 Å². The number of carbonyl (C=O) groups is 1. The summed E-state index contributed by atoms with van der Waals surface area (Å²) in [4.78, 5) is 14.6. The second-order valence-electron chi connectivity index (χ2n) is 6.31. The highest BCUT2D eigenvalue weighted by atomic mass is 16.5. The molecule has 1 aliphatic heterocycles. The summed E-state index contributed by atoms with van der Waals surface area (Å²) in [5.41, 5.74) is 1.81. The molecule has 1 heterocycles. The van der Waals surface area contributed by atoms with Crippen LogP contribution in [0.15, 0.2) is 18.2 Å². The Labute approximate surface area is 133 Å². The molecule has 0 aromatic heterocycles. The number of Topliss-reactive ketones (excluding diaryl/α,β-unsaturated/α-hetero) is 1. The van der Waals surface area contributed by atoms with E-state index in [0.29, 0.717) is 18.9 Å². The van der Waals surface area contributed by atoms with E-state index in [-0.39, 0.29) is 5.78 Å². The van der Waals surface area contributed by atoms with Crippen molar-refractivity contribution in [3.8, 4) is 5.75 Å². The van der Waals surface area contributed by atoms with Crippen molar-refractivity contribution in [3.63, 3.8) is 0 Å². The number of hydrogen-bond acceptors (Lipinski definition) is 4. The lowest BCUT2D eigenvalue weighted by molar-refractivity contribution is 0.0370. The van der Waals surface area contributed by atoms with Crippen LogP contribution in [0.1, 0.15) is 36.2 Å². The van der Waals surface area contributed by atoms with Crippen molar-refractivity contribution >= 4 is 5.78 Å². The lowest BCUT2D eigenvalue weighted by atomic mass is 10.0. The van der Waals surface area contributed by atoms with Gasteiger partial charge >= 0.3 is 0 Å². The van der Waals surface area contributed by atoms with Crippen molar-refractivity contribution in [2.75, 3.05) is 39.5 Å². The van der Waals surface area contributed by atoms with Crippen LogP contribution in [0.25, 0.3) is 0 Å². The minimum atomic E-state index is 0.199. The van der Waals surface area contributed by atoms with Crippen LogP contribution in [0.2, 0.25) is 0 Å². The fourth-order valence-electron chi connectivity index (χ4n) is 2.47. The third-order valence-corrected chi connectivity index (χ3v) is 3.83. The standard InChI is InChI=1S/C18H27NO3/c1-14(2)13-22-18-5-4-16(12-15(18)3)17(20)6-7-19-8-10-21-11-9-19/h4-5,12,14H,6-11,13H2,1-3H3. The third-order valence-electron chi connectivity index (χ3n) is 3.83. The summed E-state index contributed by atoms with van der Waals surface area (Å²) in [5, 5.41) is 0. The van der Waals surface area contributed by atoms with Gasteiger partial charge < -0.3 is 9.47 Å². The number of rotatable bonds is 7. The maximum Gasteiger partial charge on any atom is 0.164 e. The summed E-state index contributed by atoms with van der Waals surface area (Å²) in [6.45, 7) is 11.1. The molecule has 22 heavy (non-hydrogen) atoms. The van der Waals surface area contributed by atoms with Gasteiger partial charge in [-0.3, -0.25) is 9.69 Å². The maximum absolute atomic E-state index is 12.3. The summed E-state index contributed by atoms with van der Waals surface area (Å²) in [5.74, 6) is 1.57. The van der Waals surface area contributed by atoms with E-state index >= 15 is 0 Å². The Morgan fingerprint density at radius 3 is 2.68 bits per heavy atom. The Balaban J connectivity index is 1.88. The van der Waals surface area contributed by atoms with Crippen LogP contribution >= 0.6 is 0 Å². The minimum Gasteiger partial charge on any atom is -0.493 e. The van der Waals surface area contributed by atoms with E-state index in [1.54, 1.807) is 0 Å². The molecule has 0 N–H and O–H groups in total. The number of ether oxygens (including phenoxy) is 2. The summed E-state index contributed by atoms with van der Waals surface area (Å²) >= 11 is 0. The van der Waals surface area contributed by atoms with Crippen molar-refractivity contribution in [2.24, 2.45) is 5.92 Å². The molecule has 1 aromatic rings. The summed E-state index contributed by atoms with van der Waals surface area (Å²) < 4.78 is 11.1. The molecule has 0 aliphatic carbocycles. The maximum atomic E-state index is 12.3. The predicted octanol–water partition coefficient (Wildman–Crippen LogP) is 2.93. The van der Waals surface area contributed by atoms with E-state index in [2.05, 4.69) is 18.7 Å². The average Bonchev–Trinajstić information content (AvgIpc) is 2.52. The van der Waals surface area contributed by atoms with Crippen molar-refractivity contribution in [2.45, 2.75) is 27.2 Å². The van der Waals surface area contributed by atoms with Crippen LogP contribution in [0, 0.1) is 12.8 Å². The molecule has 0 saturated carbocycles. The Morgan fingerprint density at radius 2 is 2.05 bits per heavy atom. The number of nitrogens with zero attached hydrogens (tertiary/aromatic N) is 1. The highest BCUT2D eigenvalue weighted by molar-refractivity contribution is 5.96.